The van der Waals surface area contributed by atoms with Gasteiger partial charge in [-0.25, -0.2) is 4.68 Å². The first-order chi connectivity index (χ1) is 9.93. The Balaban J connectivity index is 2.31. The smallest absolute Gasteiger partial charge is 0.268 e. The summed E-state index contributed by atoms with van der Waals surface area (Å²) < 4.78 is 1.07. The molecule has 0 saturated heterocycles. The lowest BCUT2D eigenvalue weighted by Gasteiger charge is -2.08. The molecule has 2 rings (SSSR count). The maximum Gasteiger partial charge on any atom is 0.268 e. The first kappa shape index (κ1) is 15.0. The molecule has 1 heterocycles. The van der Waals surface area contributed by atoms with Crippen LogP contribution < -0.4 is 11.1 Å². The second-order valence-corrected chi connectivity index (χ2v) is 5.06. The summed E-state index contributed by atoms with van der Waals surface area (Å²) in [6.07, 6.45) is 0.901. The lowest BCUT2D eigenvalue weighted by Crippen LogP contribution is -2.35. The topological polar surface area (TPSA) is 71.9 Å². The van der Waals surface area contributed by atoms with Crippen LogP contribution in [0.3, 0.4) is 0 Å². The summed E-state index contributed by atoms with van der Waals surface area (Å²) in [4.78, 5) is 35.9. The molecule has 21 heavy (non-hydrogen) atoms. The van der Waals surface area contributed by atoms with Crippen molar-refractivity contribution in [1.29, 1.82) is 0 Å². The van der Waals surface area contributed by atoms with Gasteiger partial charge in [0.1, 0.15) is 6.54 Å². The van der Waals surface area contributed by atoms with E-state index < -0.39 is 0 Å². The van der Waals surface area contributed by atoms with Crippen molar-refractivity contribution in [2.75, 3.05) is 0 Å². The molecule has 110 valence electrons. The van der Waals surface area contributed by atoms with Crippen LogP contribution in [0.5, 0.6) is 0 Å². The average Bonchev–Trinajstić information content (AvgIpc) is 2.50. The molecule has 1 N–H and O–H groups in total. The maximum absolute atomic E-state index is 12.2. The molecular formula is C16H18N2O3. The van der Waals surface area contributed by atoms with Gasteiger partial charge < -0.3 is 0 Å². The highest BCUT2D eigenvalue weighted by molar-refractivity contribution is 5.95. The number of carbonyl (C=O) groups excluding carboxylic acids is 1. The summed E-state index contributed by atoms with van der Waals surface area (Å²) in [5.41, 5.74) is 1.73. The Morgan fingerprint density at radius 1 is 1.10 bits per heavy atom. The third kappa shape index (κ3) is 3.02. The maximum atomic E-state index is 12.2. The minimum atomic E-state index is -0.346. The largest absolute Gasteiger partial charge is 0.292 e. The number of nitrogens with zero attached hydrogens (tertiary/aromatic N) is 1. The van der Waals surface area contributed by atoms with Crippen molar-refractivity contribution in [3.8, 4) is 0 Å². The number of aromatic nitrogens is 2. The zero-order valence-corrected chi connectivity index (χ0v) is 12.4. The van der Waals surface area contributed by atoms with Gasteiger partial charge in [-0.05, 0) is 25.8 Å². The van der Waals surface area contributed by atoms with Gasteiger partial charge in [0, 0.05) is 16.7 Å². The SMILES string of the molecule is CCc1ccc(C(=O)Cn2[nH]c(=O)c(C)c(C)c2=O)cc1. The number of aryl methyl sites for hydroxylation is 1. The number of hydrogen-bond donors (Lipinski definition) is 1. The fraction of sp³-hybridized carbons (Fsp3) is 0.312. The fourth-order valence-electron chi connectivity index (χ4n) is 2.06. The van der Waals surface area contributed by atoms with Crippen LogP contribution >= 0.6 is 0 Å². The number of benzene rings is 1. The van der Waals surface area contributed by atoms with Crippen molar-refractivity contribution in [3.05, 3.63) is 67.2 Å². The number of rotatable bonds is 4. The Kier molecular flexibility index (Phi) is 4.21. The van der Waals surface area contributed by atoms with E-state index in [0.29, 0.717) is 16.7 Å². The molecule has 0 amide bonds. The molecule has 0 atom stereocenters. The zero-order chi connectivity index (χ0) is 15.6. The van der Waals surface area contributed by atoms with Crippen LogP contribution in [-0.4, -0.2) is 15.6 Å². The molecule has 0 aliphatic rings. The van der Waals surface area contributed by atoms with E-state index >= 15 is 0 Å². The van der Waals surface area contributed by atoms with E-state index in [1.165, 1.54) is 0 Å². The number of hydrogen-bond acceptors (Lipinski definition) is 3. The molecular weight excluding hydrogens is 268 g/mol. The summed E-state index contributed by atoms with van der Waals surface area (Å²) >= 11 is 0. The Morgan fingerprint density at radius 3 is 2.29 bits per heavy atom. The van der Waals surface area contributed by atoms with Gasteiger partial charge in [0.2, 0.25) is 0 Å². The predicted octanol–water partition coefficient (Wildman–Crippen LogP) is 1.60. The van der Waals surface area contributed by atoms with E-state index in [-0.39, 0.29) is 23.4 Å². The molecule has 0 aliphatic carbocycles. The predicted molar refractivity (Wildman–Crippen MR) is 80.9 cm³/mol. The number of H-pyrrole nitrogens is 1. The first-order valence-electron chi connectivity index (χ1n) is 6.86. The summed E-state index contributed by atoms with van der Waals surface area (Å²) in [6, 6.07) is 7.26. The second-order valence-electron chi connectivity index (χ2n) is 5.06. The van der Waals surface area contributed by atoms with Gasteiger partial charge in [0.25, 0.3) is 11.1 Å². The number of carbonyl (C=O) groups is 1. The van der Waals surface area contributed by atoms with Gasteiger partial charge in [0.15, 0.2) is 5.78 Å². The van der Waals surface area contributed by atoms with Gasteiger partial charge >= 0.3 is 0 Å². The minimum Gasteiger partial charge on any atom is -0.292 e. The lowest BCUT2D eigenvalue weighted by molar-refractivity contribution is 0.0965. The highest BCUT2D eigenvalue weighted by atomic mass is 16.2. The van der Waals surface area contributed by atoms with Crippen molar-refractivity contribution < 1.29 is 4.79 Å². The zero-order valence-electron chi connectivity index (χ0n) is 12.4. The quantitative estimate of drug-likeness (QED) is 0.868. The van der Waals surface area contributed by atoms with Gasteiger partial charge in [-0.1, -0.05) is 31.2 Å². The number of ketones is 1. The van der Waals surface area contributed by atoms with Crippen LogP contribution in [0, 0.1) is 13.8 Å². The van der Waals surface area contributed by atoms with E-state index in [2.05, 4.69) is 5.10 Å². The van der Waals surface area contributed by atoms with E-state index in [9.17, 15) is 14.4 Å². The fourth-order valence-corrected chi connectivity index (χ4v) is 2.06. The van der Waals surface area contributed by atoms with Gasteiger partial charge in [-0.3, -0.25) is 19.5 Å². The minimum absolute atomic E-state index is 0.166. The molecule has 0 saturated carbocycles. The Labute approximate surface area is 122 Å². The van der Waals surface area contributed by atoms with Crippen molar-refractivity contribution in [2.24, 2.45) is 0 Å². The standard InChI is InChI=1S/C16H18N2O3/c1-4-12-5-7-13(8-6-12)14(19)9-18-16(21)11(3)10(2)15(20)17-18/h5-8H,4,9H2,1-3H3,(H,17,20). The van der Waals surface area contributed by atoms with Gasteiger partial charge in [-0.2, -0.15) is 0 Å². The van der Waals surface area contributed by atoms with E-state index in [1.807, 2.05) is 19.1 Å². The van der Waals surface area contributed by atoms with Crippen LogP contribution in [0.1, 0.15) is 34.0 Å². The normalized spacial score (nSPS) is 10.6. The molecule has 2 aromatic rings. The Bertz CT molecular complexity index is 783. The van der Waals surface area contributed by atoms with Crippen molar-refractivity contribution in [1.82, 2.24) is 9.78 Å². The van der Waals surface area contributed by atoms with Crippen LogP contribution in [0.2, 0.25) is 0 Å². The monoisotopic (exact) mass is 286 g/mol. The molecule has 0 radical (unpaired) electrons. The summed E-state index contributed by atoms with van der Waals surface area (Å²) in [7, 11) is 0. The number of aromatic amines is 1. The summed E-state index contributed by atoms with van der Waals surface area (Å²) in [5, 5.41) is 2.44. The highest BCUT2D eigenvalue weighted by Crippen LogP contribution is 2.06. The molecule has 5 heteroatoms. The first-order valence-corrected chi connectivity index (χ1v) is 6.86. The molecule has 0 bridgehead atoms. The highest BCUT2D eigenvalue weighted by Gasteiger charge is 2.12. The van der Waals surface area contributed by atoms with E-state index in [0.717, 1.165) is 16.7 Å². The third-order valence-electron chi connectivity index (χ3n) is 3.69. The van der Waals surface area contributed by atoms with Crippen LogP contribution in [0.25, 0.3) is 0 Å². The summed E-state index contributed by atoms with van der Waals surface area (Å²) in [5.74, 6) is -0.210. The van der Waals surface area contributed by atoms with Crippen LogP contribution in [0.15, 0.2) is 33.9 Å². The number of nitrogens with one attached hydrogen (secondary N) is 1. The van der Waals surface area contributed by atoms with E-state index in [1.54, 1.807) is 26.0 Å². The Hall–Kier alpha value is -2.43. The molecule has 0 aliphatic heterocycles. The third-order valence-corrected chi connectivity index (χ3v) is 3.69. The van der Waals surface area contributed by atoms with Gasteiger partial charge in [-0.15, -0.1) is 0 Å². The molecule has 1 aromatic heterocycles. The second kappa shape index (κ2) is 5.91. The average molecular weight is 286 g/mol. The van der Waals surface area contributed by atoms with Gasteiger partial charge in [0.05, 0.1) is 0 Å². The van der Waals surface area contributed by atoms with Crippen molar-refractivity contribution in [3.63, 3.8) is 0 Å². The summed E-state index contributed by atoms with van der Waals surface area (Å²) in [6.45, 7) is 5.05. The van der Waals surface area contributed by atoms with E-state index in [4.69, 9.17) is 0 Å². The molecule has 5 nitrogen and oxygen atoms in total. The lowest BCUT2D eigenvalue weighted by atomic mass is 10.1. The molecule has 0 fully saturated rings. The van der Waals surface area contributed by atoms with Crippen LogP contribution in [-0.2, 0) is 13.0 Å². The van der Waals surface area contributed by atoms with Crippen molar-refractivity contribution >= 4 is 5.78 Å². The van der Waals surface area contributed by atoms with Crippen molar-refractivity contribution in [2.45, 2.75) is 33.7 Å². The Morgan fingerprint density at radius 2 is 1.71 bits per heavy atom. The molecule has 1 aromatic carbocycles. The number of Topliss-reactive ketones (excluding diaryl/α,β-unsaturated/α-hetero) is 1. The van der Waals surface area contributed by atoms with Crippen LogP contribution in [0.4, 0.5) is 0 Å². The molecule has 0 spiro atoms. The molecule has 0 unspecified atom stereocenters.